The third-order valence-corrected chi connectivity index (χ3v) is 4.42. The molecule has 0 saturated heterocycles. The maximum atomic E-state index is 12.7. The zero-order valence-corrected chi connectivity index (χ0v) is 14.4. The first-order chi connectivity index (χ1) is 12.4. The molecule has 14 heteroatoms. The van der Waals surface area contributed by atoms with Gasteiger partial charge in [0.15, 0.2) is 5.03 Å². The number of sulfonamides is 1. The Hall–Kier alpha value is -2.93. The first-order valence-corrected chi connectivity index (χ1v) is 8.52. The first kappa shape index (κ1) is 20.4. The Bertz CT molecular complexity index is 1010. The zero-order chi connectivity index (χ0) is 20.4. The number of hydrogen-bond donors (Lipinski definition) is 3. The summed E-state index contributed by atoms with van der Waals surface area (Å²) in [5.74, 6) is -1.10. The Morgan fingerprint density at radius 3 is 2.44 bits per heavy atom. The number of nitrogens with one attached hydrogen (secondary N) is 2. The lowest BCUT2D eigenvalue weighted by Crippen LogP contribution is -2.29. The highest BCUT2D eigenvalue weighted by Gasteiger charge is 2.32. The molecule has 9 nitrogen and oxygen atoms in total. The molecule has 144 valence electrons. The largest absolute Gasteiger partial charge is 0.464 e. The van der Waals surface area contributed by atoms with Crippen molar-refractivity contribution in [3.05, 3.63) is 46.9 Å². The maximum absolute atomic E-state index is 12.7. The normalized spacial score (nSPS) is 11.7. The van der Waals surface area contributed by atoms with Gasteiger partial charge in [0.2, 0.25) is 0 Å². The van der Waals surface area contributed by atoms with Gasteiger partial charge in [0.1, 0.15) is 5.15 Å². The second-order valence-corrected chi connectivity index (χ2v) is 6.79. The SMILES string of the molecule is O=C(O)NS(=O)(=O)c1cc(NC(=O)c2cc(C(F)(F)F)cnc2Cl)ccn1. The predicted molar refractivity (Wildman–Crippen MR) is 84.8 cm³/mol. The summed E-state index contributed by atoms with van der Waals surface area (Å²) < 4.78 is 62.9. The molecular weight excluding hydrogens is 417 g/mol. The number of anilines is 1. The van der Waals surface area contributed by atoms with Crippen LogP contribution in [0.25, 0.3) is 0 Å². The van der Waals surface area contributed by atoms with Crippen LogP contribution in [0, 0.1) is 0 Å². The smallest absolute Gasteiger partial charge is 0.418 e. The Kier molecular flexibility index (Phi) is 5.56. The lowest BCUT2D eigenvalue weighted by molar-refractivity contribution is -0.137. The van der Waals surface area contributed by atoms with Crippen molar-refractivity contribution in [2.75, 3.05) is 5.32 Å². The van der Waals surface area contributed by atoms with Gasteiger partial charge in [-0.2, -0.15) is 21.6 Å². The van der Waals surface area contributed by atoms with Gasteiger partial charge in [-0.15, -0.1) is 0 Å². The van der Waals surface area contributed by atoms with Crippen LogP contribution >= 0.6 is 11.6 Å². The molecule has 0 radical (unpaired) electrons. The van der Waals surface area contributed by atoms with Crippen LogP contribution in [0.5, 0.6) is 0 Å². The monoisotopic (exact) mass is 424 g/mol. The standard InChI is InChI=1S/C13H8ClF3N4O5S/c14-10-8(3-6(5-19-10)13(15,16)17)11(22)20-7-1-2-18-9(4-7)27(25,26)21-12(23)24/h1-5,21H,(H,23,24)(H,18,20,22). The highest BCUT2D eigenvalue weighted by atomic mass is 35.5. The van der Waals surface area contributed by atoms with E-state index in [2.05, 4.69) is 15.3 Å². The molecular formula is C13H8ClF3N4O5S. The number of pyridine rings is 2. The molecule has 2 aromatic heterocycles. The number of nitrogens with zero attached hydrogens (tertiary/aromatic N) is 2. The molecule has 27 heavy (non-hydrogen) atoms. The Labute approximate surface area is 154 Å². The number of rotatable bonds is 4. The third-order valence-electron chi connectivity index (χ3n) is 2.90. The van der Waals surface area contributed by atoms with Gasteiger partial charge in [0, 0.05) is 24.1 Å². The molecule has 0 saturated carbocycles. The Morgan fingerprint density at radius 2 is 1.85 bits per heavy atom. The van der Waals surface area contributed by atoms with E-state index in [1.165, 1.54) is 4.72 Å². The number of amides is 2. The molecule has 0 spiro atoms. The fourth-order valence-electron chi connectivity index (χ4n) is 1.76. The maximum Gasteiger partial charge on any atom is 0.418 e. The van der Waals surface area contributed by atoms with Gasteiger partial charge in [-0.1, -0.05) is 11.6 Å². The van der Waals surface area contributed by atoms with Crippen LogP contribution < -0.4 is 10.0 Å². The van der Waals surface area contributed by atoms with Gasteiger partial charge in [-0.3, -0.25) is 4.79 Å². The number of carbonyl (C=O) groups is 2. The summed E-state index contributed by atoms with van der Waals surface area (Å²) >= 11 is 5.65. The van der Waals surface area contributed by atoms with Crippen LogP contribution in [0.2, 0.25) is 5.15 Å². The molecule has 0 atom stereocenters. The summed E-state index contributed by atoms with van der Waals surface area (Å²) in [5.41, 5.74) is -1.99. The molecule has 0 unspecified atom stereocenters. The Morgan fingerprint density at radius 1 is 1.19 bits per heavy atom. The van der Waals surface area contributed by atoms with Crippen LogP contribution in [0.3, 0.4) is 0 Å². The molecule has 3 N–H and O–H groups in total. The predicted octanol–water partition coefficient (Wildman–Crippen LogP) is 2.36. The summed E-state index contributed by atoms with van der Waals surface area (Å²) in [6, 6.07) is 2.42. The second kappa shape index (κ2) is 7.36. The van der Waals surface area contributed by atoms with Gasteiger partial charge < -0.3 is 10.4 Å². The number of aromatic nitrogens is 2. The quantitative estimate of drug-likeness (QED) is 0.640. The van der Waals surface area contributed by atoms with Gasteiger partial charge in [-0.05, 0) is 12.1 Å². The number of carbonyl (C=O) groups excluding carboxylic acids is 1. The van der Waals surface area contributed by atoms with Gasteiger partial charge in [-0.25, -0.2) is 19.5 Å². The van der Waals surface area contributed by atoms with E-state index in [9.17, 15) is 31.2 Å². The Balaban J connectivity index is 2.32. The van der Waals surface area contributed by atoms with Crippen LogP contribution in [-0.2, 0) is 16.2 Å². The second-order valence-electron chi connectivity index (χ2n) is 4.81. The van der Waals surface area contributed by atoms with Crippen molar-refractivity contribution in [3.8, 4) is 0 Å². The van der Waals surface area contributed by atoms with Crippen molar-refractivity contribution in [1.82, 2.24) is 14.7 Å². The molecule has 2 heterocycles. The molecule has 2 rings (SSSR count). The van der Waals surface area contributed by atoms with Crippen molar-refractivity contribution < 1.29 is 36.3 Å². The van der Waals surface area contributed by atoms with Crippen molar-refractivity contribution in [2.45, 2.75) is 11.2 Å². The number of halogens is 4. The lowest BCUT2D eigenvalue weighted by atomic mass is 10.2. The van der Waals surface area contributed by atoms with Gasteiger partial charge in [0.05, 0.1) is 11.1 Å². The molecule has 2 amide bonds. The molecule has 2 aromatic rings. The van der Waals surface area contributed by atoms with Crippen LogP contribution in [-0.4, -0.2) is 35.5 Å². The molecule has 0 aliphatic heterocycles. The van der Waals surface area contributed by atoms with Gasteiger partial charge in [0.25, 0.3) is 15.9 Å². The van der Waals surface area contributed by atoms with E-state index < -0.39 is 49.5 Å². The number of alkyl halides is 3. The summed E-state index contributed by atoms with van der Waals surface area (Å²) in [6.07, 6.45) is -5.22. The fraction of sp³-hybridized carbons (Fsp3) is 0.0769. The highest BCUT2D eigenvalue weighted by Crippen LogP contribution is 2.30. The van der Waals surface area contributed by atoms with Crippen LogP contribution in [0.1, 0.15) is 15.9 Å². The van der Waals surface area contributed by atoms with E-state index in [4.69, 9.17) is 16.7 Å². The minimum absolute atomic E-state index is 0.186. The molecule has 0 aromatic carbocycles. The average Bonchev–Trinajstić information content (AvgIpc) is 2.53. The highest BCUT2D eigenvalue weighted by molar-refractivity contribution is 7.90. The lowest BCUT2D eigenvalue weighted by Gasteiger charge is -2.11. The number of hydrogen-bond acceptors (Lipinski definition) is 6. The van der Waals surface area contributed by atoms with E-state index in [-0.39, 0.29) is 5.69 Å². The summed E-state index contributed by atoms with van der Waals surface area (Å²) in [7, 11) is -4.52. The summed E-state index contributed by atoms with van der Waals surface area (Å²) in [6.45, 7) is 0. The van der Waals surface area contributed by atoms with E-state index in [1.807, 2.05) is 0 Å². The van der Waals surface area contributed by atoms with E-state index >= 15 is 0 Å². The molecule has 0 fully saturated rings. The first-order valence-electron chi connectivity index (χ1n) is 6.66. The van der Waals surface area contributed by atoms with Crippen molar-refractivity contribution in [1.29, 1.82) is 0 Å². The molecule has 0 aliphatic carbocycles. The fourth-order valence-corrected chi connectivity index (χ4v) is 2.77. The average molecular weight is 425 g/mol. The van der Waals surface area contributed by atoms with Crippen molar-refractivity contribution >= 4 is 39.3 Å². The minimum atomic E-state index is -4.76. The van der Waals surface area contributed by atoms with Crippen molar-refractivity contribution in [3.63, 3.8) is 0 Å². The summed E-state index contributed by atoms with van der Waals surface area (Å²) in [5, 5.41) is 9.38. The van der Waals surface area contributed by atoms with Crippen LogP contribution in [0.4, 0.5) is 23.7 Å². The van der Waals surface area contributed by atoms with E-state index in [0.717, 1.165) is 18.3 Å². The topological polar surface area (TPSA) is 138 Å². The molecule has 0 bridgehead atoms. The minimum Gasteiger partial charge on any atom is -0.464 e. The van der Waals surface area contributed by atoms with Gasteiger partial charge >= 0.3 is 12.3 Å². The zero-order valence-electron chi connectivity index (χ0n) is 12.8. The molecule has 0 aliphatic rings. The summed E-state index contributed by atoms with van der Waals surface area (Å²) in [4.78, 5) is 29.4. The third kappa shape index (κ3) is 5.04. The van der Waals surface area contributed by atoms with Crippen LogP contribution in [0.15, 0.2) is 35.6 Å². The number of carboxylic acid groups (broad SMARTS) is 1. The van der Waals surface area contributed by atoms with E-state index in [0.29, 0.717) is 12.3 Å². The van der Waals surface area contributed by atoms with Crippen molar-refractivity contribution in [2.24, 2.45) is 0 Å². The van der Waals surface area contributed by atoms with E-state index in [1.54, 1.807) is 0 Å².